The van der Waals surface area contributed by atoms with Crippen molar-refractivity contribution in [2.45, 2.75) is 39.4 Å². The molecule has 0 aliphatic rings. The third kappa shape index (κ3) is 8.10. The summed E-state index contributed by atoms with van der Waals surface area (Å²) in [6.07, 6.45) is -0.710. The molecule has 10 heteroatoms. The van der Waals surface area contributed by atoms with Crippen molar-refractivity contribution in [3.8, 4) is 11.5 Å². The Bertz CT molecular complexity index is 825. The highest BCUT2D eigenvalue weighted by Crippen LogP contribution is 2.30. The van der Waals surface area contributed by atoms with Gasteiger partial charge in [0, 0.05) is 30.6 Å². The first-order valence-corrected chi connectivity index (χ1v) is 10.5. The Hall–Kier alpha value is -2.49. The van der Waals surface area contributed by atoms with Crippen LogP contribution in [0.5, 0.6) is 11.5 Å². The zero-order valence-electron chi connectivity index (χ0n) is 17.3. The summed E-state index contributed by atoms with van der Waals surface area (Å²) in [6.45, 7) is 4.44. The first kappa shape index (κ1) is 23.8. The number of guanidine groups is 1. The van der Waals surface area contributed by atoms with E-state index in [4.69, 9.17) is 9.47 Å². The lowest BCUT2D eigenvalue weighted by Gasteiger charge is -2.14. The van der Waals surface area contributed by atoms with Crippen molar-refractivity contribution < 1.29 is 22.6 Å². The number of nitrogens with one attached hydrogen (secondary N) is 2. The summed E-state index contributed by atoms with van der Waals surface area (Å²) in [7, 11) is 1.39. The van der Waals surface area contributed by atoms with E-state index in [1.165, 1.54) is 18.1 Å². The molecule has 0 unspecified atom stereocenters. The topological polar surface area (TPSA) is 67.8 Å². The fourth-order valence-electron chi connectivity index (χ4n) is 2.52. The minimum Gasteiger partial charge on any atom is -0.493 e. The van der Waals surface area contributed by atoms with E-state index in [1.54, 1.807) is 23.5 Å². The van der Waals surface area contributed by atoms with Gasteiger partial charge in [0.2, 0.25) is 0 Å². The third-order valence-corrected chi connectivity index (χ3v) is 5.17. The molecule has 1 heterocycles. The van der Waals surface area contributed by atoms with Gasteiger partial charge in [0.25, 0.3) is 0 Å². The molecule has 0 aliphatic heterocycles. The van der Waals surface area contributed by atoms with Crippen molar-refractivity contribution in [3.63, 3.8) is 0 Å². The first-order chi connectivity index (χ1) is 14.3. The molecular formula is C20H27F3N4O2S. The Morgan fingerprint density at radius 2 is 2.00 bits per heavy atom. The predicted octanol–water partition coefficient (Wildman–Crippen LogP) is 3.95. The monoisotopic (exact) mass is 444 g/mol. The molecule has 6 nitrogen and oxygen atoms in total. The smallest absolute Gasteiger partial charge is 0.422 e. The standard InChI is InChI=1S/C20H27F3N4O2S/c1-4-15-12-26-18(30-15)8-9-25-19(24-5-2)27-11-14-6-7-16(17(10-14)28-3)29-13-20(21,22)23/h6-7,10,12H,4-5,8-9,11,13H2,1-3H3,(H2,24,25,27). The fourth-order valence-corrected chi connectivity index (χ4v) is 3.38. The van der Waals surface area contributed by atoms with Gasteiger partial charge in [0.15, 0.2) is 24.1 Å². The van der Waals surface area contributed by atoms with Crippen molar-refractivity contribution in [2.75, 3.05) is 26.8 Å². The molecule has 30 heavy (non-hydrogen) atoms. The van der Waals surface area contributed by atoms with E-state index in [-0.39, 0.29) is 11.5 Å². The van der Waals surface area contributed by atoms with Gasteiger partial charge in [-0.15, -0.1) is 11.3 Å². The maximum atomic E-state index is 12.4. The Balaban J connectivity index is 1.95. The molecule has 0 spiro atoms. The van der Waals surface area contributed by atoms with Crippen molar-refractivity contribution in [3.05, 3.63) is 39.8 Å². The highest BCUT2D eigenvalue weighted by atomic mass is 32.1. The van der Waals surface area contributed by atoms with Gasteiger partial charge in [-0.2, -0.15) is 13.2 Å². The summed E-state index contributed by atoms with van der Waals surface area (Å²) in [5, 5.41) is 7.52. The van der Waals surface area contributed by atoms with Crippen LogP contribution in [0.3, 0.4) is 0 Å². The lowest BCUT2D eigenvalue weighted by molar-refractivity contribution is -0.153. The van der Waals surface area contributed by atoms with E-state index in [1.807, 2.05) is 13.1 Å². The quantitative estimate of drug-likeness (QED) is 0.429. The lowest BCUT2D eigenvalue weighted by atomic mass is 10.2. The molecule has 0 saturated heterocycles. The van der Waals surface area contributed by atoms with Gasteiger partial charge in [-0.3, -0.25) is 0 Å². The number of hydrogen-bond donors (Lipinski definition) is 2. The predicted molar refractivity (Wildman–Crippen MR) is 113 cm³/mol. The van der Waals surface area contributed by atoms with Gasteiger partial charge in [-0.1, -0.05) is 13.0 Å². The molecule has 2 rings (SSSR count). The molecular weight excluding hydrogens is 417 g/mol. The van der Waals surface area contributed by atoms with Gasteiger partial charge >= 0.3 is 6.18 Å². The second-order valence-electron chi connectivity index (χ2n) is 6.33. The van der Waals surface area contributed by atoms with E-state index < -0.39 is 12.8 Å². The number of alkyl halides is 3. The minimum absolute atomic E-state index is 0.0440. The number of aromatic nitrogens is 1. The van der Waals surface area contributed by atoms with Gasteiger partial charge in [-0.25, -0.2) is 9.98 Å². The van der Waals surface area contributed by atoms with E-state index in [0.29, 0.717) is 25.6 Å². The Morgan fingerprint density at radius 1 is 1.20 bits per heavy atom. The summed E-state index contributed by atoms with van der Waals surface area (Å²) in [5.41, 5.74) is 0.788. The van der Waals surface area contributed by atoms with E-state index in [2.05, 4.69) is 27.5 Å². The number of ether oxygens (including phenoxy) is 2. The van der Waals surface area contributed by atoms with Gasteiger partial charge in [0.1, 0.15) is 0 Å². The van der Waals surface area contributed by atoms with Crippen molar-refractivity contribution in [2.24, 2.45) is 4.99 Å². The molecule has 0 aliphatic carbocycles. The van der Waals surface area contributed by atoms with Gasteiger partial charge in [0.05, 0.1) is 18.7 Å². The van der Waals surface area contributed by atoms with Crippen LogP contribution in [0.25, 0.3) is 0 Å². The lowest BCUT2D eigenvalue weighted by Crippen LogP contribution is -2.38. The van der Waals surface area contributed by atoms with Gasteiger partial charge in [-0.05, 0) is 31.0 Å². The number of methoxy groups -OCH3 is 1. The summed E-state index contributed by atoms with van der Waals surface area (Å²) < 4.78 is 47.1. The summed E-state index contributed by atoms with van der Waals surface area (Å²) in [4.78, 5) is 10.2. The molecule has 0 amide bonds. The number of aliphatic imine (C=N–C) groups is 1. The second kappa shape index (κ2) is 11.6. The van der Waals surface area contributed by atoms with Crippen LogP contribution in [-0.2, 0) is 19.4 Å². The second-order valence-corrected chi connectivity index (χ2v) is 7.53. The largest absolute Gasteiger partial charge is 0.493 e. The van der Waals surface area contributed by atoms with Crippen LogP contribution in [0.15, 0.2) is 29.4 Å². The average Bonchev–Trinajstić information content (AvgIpc) is 3.18. The number of hydrogen-bond acceptors (Lipinski definition) is 5. The molecule has 166 valence electrons. The number of benzene rings is 1. The van der Waals surface area contributed by atoms with Crippen molar-refractivity contribution in [1.82, 2.24) is 15.6 Å². The molecule has 0 fully saturated rings. The summed E-state index contributed by atoms with van der Waals surface area (Å²) in [5.74, 6) is 0.934. The number of rotatable bonds is 10. The number of nitrogens with zero attached hydrogens (tertiary/aromatic N) is 2. The van der Waals surface area contributed by atoms with E-state index in [9.17, 15) is 13.2 Å². The fraction of sp³-hybridized carbons (Fsp3) is 0.500. The van der Waals surface area contributed by atoms with Crippen LogP contribution in [0.2, 0.25) is 0 Å². The Morgan fingerprint density at radius 3 is 2.63 bits per heavy atom. The summed E-state index contributed by atoms with van der Waals surface area (Å²) in [6, 6.07) is 4.76. The molecule has 1 aromatic heterocycles. The van der Waals surface area contributed by atoms with E-state index in [0.717, 1.165) is 23.4 Å². The average molecular weight is 445 g/mol. The molecule has 2 aromatic rings. The summed E-state index contributed by atoms with van der Waals surface area (Å²) >= 11 is 1.71. The molecule has 0 bridgehead atoms. The normalized spacial score (nSPS) is 12.0. The van der Waals surface area contributed by atoms with Crippen molar-refractivity contribution >= 4 is 17.3 Å². The first-order valence-electron chi connectivity index (χ1n) is 9.66. The Labute approximate surface area is 178 Å². The van der Waals surface area contributed by atoms with Crippen LogP contribution in [-0.4, -0.2) is 43.9 Å². The maximum Gasteiger partial charge on any atom is 0.422 e. The molecule has 0 radical (unpaired) electrons. The van der Waals surface area contributed by atoms with E-state index >= 15 is 0 Å². The van der Waals surface area contributed by atoms with Gasteiger partial charge < -0.3 is 20.1 Å². The van der Waals surface area contributed by atoms with Crippen LogP contribution >= 0.6 is 11.3 Å². The van der Waals surface area contributed by atoms with Crippen molar-refractivity contribution in [1.29, 1.82) is 0 Å². The highest BCUT2D eigenvalue weighted by Gasteiger charge is 2.29. The van der Waals surface area contributed by atoms with Crippen LogP contribution in [0, 0.1) is 0 Å². The zero-order valence-corrected chi connectivity index (χ0v) is 18.1. The number of halogens is 3. The number of aryl methyl sites for hydroxylation is 1. The SMILES string of the molecule is CCNC(=NCc1ccc(OCC(F)(F)F)c(OC)c1)NCCc1ncc(CC)s1. The third-order valence-electron chi connectivity index (χ3n) is 3.96. The zero-order chi connectivity index (χ0) is 22.0. The molecule has 0 atom stereocenters. The molecule has 1 aromatic carbocycles. The maximum absolute atomic E-state index is 12.4. The van der Waals surface area contributed by atoms with Crippen LogP contribution in [0.1, 0.15) is 29.3 Å². The van der Waals surface area contributed by atoms with Crippen LogP contribution < -0.4 is 20.1 Å². The molecule has 2 N–H and O–H groups in total. The Kier molecular flexibility index (Phi) is 9.22. The van der Waals surface area contributed by atoms with Crippen LogP contribution in [0.4, 0.5) is 13.2 Å². The molecule has 0 saturated carbocycles. The number of thiazole rings is 1. The highest BCUT2D eigenvalue weighted by molar-refractivity contribution is 7.11. The minimum atomic E-state index is -4.41.